The Morgan fingerprint density at radius 1 is 1.55 bits per heavy atom. The molecule has 0 radical (unpaired) electrons. The Labute approximate surface area is 68.3 Å². The van der Waals surface area contributed by atoms with Crippen molar-refractivity contribution in [1.82, 2.24) is 5.32 Å². The molecule has 0 bridgehead atoms. The van der Waals surface area contributed by atoms with Crippen molar-refractivity contribution in [3.05, 3.63) is 0 Å². The van der Waals surface area contributed by atoms with Gasteiger partial charge in [-0.3, -0.25) is 4.79 Å². The average Bonchev–Trinajstić information content (AvgIpc) is 1.85. The van der Waals surface area contributed by atoms with Gasteiger partial charge in [-0.2, -0.15) is 0 Å². The summed E-state index contributed by atoms with van der Waals surface area (Å²) in [6, 6.07) is 0.00921. The summed E-state index contributed by atoms with van der Waals surface area (Å²) in [6.07, 6.45) is 1.35. The molecule has 3 N–H and O–H groups in total. The maximum atomic E-state index is 10.8. The standard InChI is InChI=1S/C8H18N2O/c1-6(2)4-7(9)5-8(11)10-3/h6-7H,4-5,9H2,1-3H3,(H,10,11). The Kier molecular flexibility index (Phi) is 4.86. The number of hydrogen-bond donors (Lipinski definition) is 2. The summed E-state index contributed by atoms with van der Waals surface area (Å²) in [5.74, 6) is 0.591. The van der Waals surface area contributed by atoms with Gasteiger partial charge in [0.05, 0.1) is 0 Å². The van der Waals surface area contributed by atoms with E-state index in [1.807, 2.05) is 0 Å². The van der Waals surface area contributed by atoms with Crippen LogP contribution in [-0.4, -0.2) is 19.0 Å². The van der Waals surface area contributed by atoms with Gasteiger partial charge in [0.15, 0.2) is 0 Å². The Morgan fingerprint density at radius 2 is 2.09 bits per heavy atom. The number of nitrogens with one attached hydrogen (secondary N) is 1. The molecule has 0 rings (SSSR count). The van der Waals surface area contributed by atoms with Crippen LogP contribution in [0.5, 0.6) is 0 Å². The summed E-state index contributed by atoms with van der Waals surface area (Å²) >= 11 is 0. The van der Waals surface area contributed by atoms with E-state index in [9.17, 15) is 4.79 Å². The van der Waals surface area contributed by atoms with E-state index < -0.39 is 0 Å². The summed E-state index contributed by atoms with van der Waals surface area (Å²) in [5.41, 5.74) is 5.69. The topological polar surface area (TPSA) is 55.1 Å². The third kappa shape index (κ3) is 5.85. The molecule has 0 spiro atoms. The van der Waals surface area contributed by atoms with Gasteiger partial charge in [0.2, 0.25) is 5.91 Å². The van der Waals surface area contributed by atoms with E-state index in [-0.39, 0.29) is 11.9 Å². The van der Waals surface area contributed by atoms with Crippen LogP contribution in [0.3, 0.4) is 0 Å². The maximum absolute atomic E-state index is 10.8. The molecule has 11 heavy (non-hydrogen) atoms. The van der Waals surface area contributed by atoms with Crippen LogP contribution in [0.25, 0.3) is 0 Å². The molecule has 0 aromatic rings. The van der Waals surface area contributed by atoms with E-state index >= 15 is 0 Å². The van der Waals surface area contributed by atoms with Crippen LogP contribution in [0.4, 0.5) is 0 Å². The van der Waals surface area contributed by atoms with E-state index in [1.165, 1.54) is 0 Å². The minimum Gasteiger partial charge on any atom is -0.359 e. The van der Waals surface area contributed by atoms with Crippen LogP contribution in [-0.2, 0) is 4.79 Å². The molecule has 0 fully saturated rings. The van der Waals surface area contributed by atoms with Crippen LogP contribution in [0, 0.1) is 5.92 Å². The second-order valence-corrected chi connectivity index (χ2v) is 3.27. The first-order chi connectivity index (χ1) is 5.06. The lowest BCUT2D eigenvalue weighted by atomic mass is 10.0. The zero-order valence-electron chi connectivity index (χ0n) is 7.55. The third-order valence-electron chi connectivity index (χ3n) is 1.50. The molecule has 0 aromatic heterocycles. The zero-order chi connectivity index (χ0) is 8.85. The summed E-state index contributed by atoms with van der Waals surface area (Å²) < 4.78 is 0. The molecule has 0 saturated heterocycles. The van der Waals surface area contributed by atoms with E-state index in [4.69, 9.17) is 5.73 Å². The normalized spacial score (nSPS) is 13.2. The first-order valence-electron chi connectivity index (χ1n) is 4.02. The van der Waals surface area contributed by atoms with Gasteiger partial charge in [-0.05, 0) is 12.3 Å². The van der Waals surface area contributed by atoms with Gasteiger partial charge in [-0.15, -0.1) is 0 Å². The molecule has 1 unspecified atom stereocenters. The summed E-state index contributed by atoms with van der Waals surface area (Å²) in [7, 11) is 1.63. The Balaban J connectivity index is 3.51. The second kappa shape index (κ2) is 5.13. The van der Waals surface area contributed by atoms with Crippen LogP contribution < -0.4 is 11.1 Å². The molecule has 66 valence electrons. The van der Waals surface area contributed by atoms with E-state index in [0.29, 0.717) is 12.3 Å². The first kappa shape index (κ1) is 10.4. The highest BCUT2D eigenvalue weighted by Gasteiger charge is 2.08. The fraction of sp³-hybridized carbons (Fsp3) is 0.875. The van der Waals surface area contributed by atoms with Gasteiger partial charge >= 0.3 is 0 Å². The Morgan fingerprint density at radius 3 is 2.45 bits per heavy atom. The zero-order valence-corrected chi connectivity index (χ0v) is 7.55. The number of carbonyl (C=O) groups excluding carboxylic acids is 1. The van der Waals surface area contributed by atoms with Gasteiger partial charge < -0.3 is 11.1 Å². The molecule has 1 atom stereocenters. The summed E-state index contributed by atoms with van der Waals surface area (Å²) in [6.45, 7) is 4.20. The largest absolute Gasteiger partial charge is 0.359 e. The Bertz CT molecular complexity index is 123. The predicted octanol–water partition coefficient (Wildman–Crippen LogP) is 0.496. The molecule has 0 aromatic carbocycles. The smallest absolute Gasteiger partial charge is 0.221 e. The van der Waals surface area contributed by atoms with Crippen LogP contribution >= 0.6 is 0 Å². The molecule has 0 heterocycles. The molecule has 0 aliphatic heterocycles. The number of carbonyl (C=O) groups is 1. The highest BCUT2D eigenvalue weighted by Crippen LogP contribution is 2.04. The first-order valence-corrected chi connectivity index (χ1v) is 4.02. The van der Waals surface area contributed by atoms with Crippen molar-refractivity contribution >= 4 is 5.91 Å². The van der Waals surface area contributed by atoms with Gasteiger partial charge in [0.25, 0.3) is 0 Å². The van der Waals surface area contributed by atoms with Crippen molar-refractivity contribution in [2.45, 2.75) is 32.7 Å². The molecule has 0 saturated carbocycles. The van der Waals surface area contributed by atoms with Gasteiger partial charge in [-0.25, -0.2) is 0 Å². The lowest BCUT2D eigenvalue weighted by Crippen LogP contribution is -2.30. The van der Waals surface area contributed by atoms with Crippen LogP contribution in [0.2, 0.25) is 0 Å². The minimum atomic E-state index is 0.00921. The summed E-state index contributed by atoms with van der Waals surface area (Å²) in [4.78, 5) is 10.8. The molecule has 0 aliphatic carbocycles. The maximum Gasteiger partial charge on any atom is 0.221 e. The van der Waals surface area contributed by atoms with Crippen molar-refractivity contribution in [3.8, 4) is 0 Å². The number of amides is 1. The second-order valence-electron chi connectivity index (χ2n) is 3.27. The molecule has 3 heteroatoms. The van der Waals surface area contributed by atoms with Crippen LogP contribution in [0.1, 0.15) is 26.7 Å². The number of rotatable bonds is 4. The Hall–Kier alpha value is -0.570. The van der Waals surface area contributed by atoms with E-state index in [0.717, 1.165) is 6.42 Å². The van der Waals surface area contributed by atoms with Crippen molar-refractivity contribution < 1.29 is 4.79 Å². The highest BCUT2D eigenvalue weighted by molar-refractivity contribution is 5.76. The number of hydrogen-bond acceptors (Lipinski definition) is 2. The van der Waals surface area contributed by atoms with Crippen molar-refractivity contribution in [2.75, 3.05) is 7.05 Å². The van der Waals surface area contributed by atoms with Crippen molar-refractivity contribution in [2.24, 2.45) is 11.7 Å². The lowest BCUT2D eigenvalue weighted by Gasteiger charge is -2.12. The highest BCUT2D eigenvalue weighted by atomic mass is 16.1. The molecule has 0 aliphatic rings. The van der Waals surface area contributed by atoms with Crippen molar-refractivity contribution in [1.29, 1.82) is 0 Å². The van der Waals surface area contributed by atoms with Crippen LogP contribution in [0.15, 0.2) is 0 Å². The minimum absolute atomic E-state index is 0.00921. The van der Waals surface area contributed by atoms with Crippen molar-refractivity contribution in [3.63, 3.8) is 0 Å². The predicted molar refractivity (Wildman–Crippen MR) is 46.1 cm³/mol. The van der Waals surface area contributed by atoms with E-state index in [1.54, 1.807) is 7.05 Å². The third-order valence-corrected chi connectivity index (χ3v) is 1.50. The van der Waals surface area contributed by atoms with E-state index in [2.05, 4.69) is 19.2 Å². The fourth-order valence-corrected chi connectivity index (χ4v) is 1.03. The van der Waals surface area contributed by atoms with Gasteiger partial charge in [0.1, 0.15) is 0 Å². The monoisotopic (exact) mass is 158 g/mol. The van der Waals surface area contributed by atoms with Gasteiger partial charge in [0, 0.05) is 19.5 Å². The molecule has 3 nitrogen and oxygen atoms in total. The molecular weight excluding hydrogens is 140 g/mol. The number of nitrogens with two attached hydrogens (primary N) is 1. The molecular formula is C8H18N2O. The lowest BCUT2D eigenvalue weighted by molar-refractivity contribution is -0.120. The summed E-state index contributed by atoms with van der Waals surface area (Å²) in [5, 5.41) is 2.55. The SMILES string of the molecule is CNC(=O)CC(N)CC(C)C. The van der Waals surface area contributed by atoms with Gasteiger partial charge in [-0.1, -0.05) is 13.8 Å². The average molecular weight is 158 g/mol. The fourth-order valence-electron chi connectivity index (χ4n) is 1.03. The molecule has 1 amide bonds. The quantitative estimate of drug-likeness (QED) is 0.626.